The molecule has 1 unspecified atom stereocenters. The number of anilines is 2. The zero-order valence-corrected chi connectivity index (χ0v) is 8.19. The average molecular weight is 205 g/mol. The summed E-state index contributed by atoms with van der Waals surface area (Å²) in [5.74, 6) is -0.212. The van der Waals surface area contributed by atoms with Gasteiger partial charge in [-0.25, -0.2) is 4.98 Å². The van der Waals surface area contributed by atoms with Gasteiger partial charge in [-0.3, -0.25) is 4.79 Å². The molecular weight excluding hydrogens is 194 g/mol. The van der Waals surface area contributed by atoms with E-state index in [1.165, 1.54) is 12.3 Å². The molecule has 0 aliphatic rings. The molecule has 0 bridgehead atoms. The molecule has 0 saturated carbocycles. The first kappa shape index (κ1) is 10.8. The van der Waals surface area contributed by atoms with Gasteiger partial charge < -0.3 is 16.8 Å². The summed E-state index contributed by atoms with van der Waals surface area (Å²) in [5.41, 5.74) is 11.2. The number of primary amides is 1. The van der Waals surface area contributed by atoms with Crippen molar-refractivity contribution in [1.29, 1.82) is 5.26 Å². The van der Waals surface area contributed by atoms with E-state index in [9.17, 15) is 4.79 Å². The summed E-state index contributed by atoms with van der Waals surface area (Å²) in [5, 5.41) is 11.5. The molecule has 0 aliphatic heterocycles. The lowest BCUT2D eigenvalue weighted by atomic mass is 10.2. The van der Waals surface area contributed by atoms with E-state index in [1.807, 2.05) is 6.07 Å². The van der Waals surface area contributed by atoms with Crippen LogP contribution in [-0.2, 0) is 4.79 Å². The van der Waals surface area contributed by atoms with Crippen LogP contribution in [0.2, 0.25) is 0 Å². The second-order valence-corrected chi connectivity index (χ2v) is 3.05. The molecule has 78 valence electrons. The maximum absolute atomic E-state index is 10.8. The Morgan fingerprint density at radius 2 is 2.40 bits per heavy atom. The van der Waals surface area contributed by atoms with Crippen LogP contribution in [0.15, 0.2) is 12.3 Å². The third kappa shape index (κ3) is 2.57. The van der Waals surface area contributed by atoms with Crippen LogP contribution in [0.4, 0.5) is 11.5 Å². The zero-order chi connectivity index (χ0) is 11.4. The molecule has 6 heteroatoms. The second kappa shape index (κ2) is 4.28. The van der Waals surface area contributed by atoms with Crippen LogP contribution < -0.4 is 16.8 Å². The van der Waals surface area contributed by atoms with Crippen molar-refractivity contribution in [1.82, 2.24) is 4.98 Å². The summed E-state index contributed by atoms with van der Waals surface area (Å²) in [4.78, 5) is 14.7. The molecule has 1 atom stereocenters. The number of rotatable bonds is 3. The third-order valence-electron chi connectivity index (χ3n) is 1.81. The van der Waals surface area contributed by atoms with Crippen LogP contribution in [0, 0.1) is 11.3 Å². The number of pyridine rings is 1. The van der Waals surface area contributed by atoms with Crippen LogP contribution in [0.3, 0.4) is 0 Å². The molecule has 5 N–H and O–H groups in total. The number of amides is 1. The number of nitrogens with one attached hydrogen (secondary N) is 1. The van der Waals surface area contributed by atoms with Gasteiger partial charge in [0.25, 0.3) is 0 Å². The highest BCUT2D eigenvalue weighted by atomic mass is 16.1. The summed E-state index contributed by atoms with van der Waals surface area (Å²) < 4.78 is 0. The van der Waals surface area contributed by atoms with Crippen LogP contribution in [0.1, 0.15) is 12.5 Å². The Labute approximate surface area is 86.9 Å². The molecule has 1 rings (SSSR count). The maximum atomic E-state index is 10.8. The first-order valence-corrected chi connectivity index (χ1v) is 4.26. The normalized spacial score (nSPS) is 11.5. The quantitative estimate of drug-likeness (QED) is 0.632. The van der Waals surface area contributed by atoms with Crippen molar-refractivity contribution in [2.24, 2.45) is 5.73 Å². The predicted molar refractivity (Wildman–Crippen MR) is 55.6 cm³/mol. The van der Waals surface area contributed by atoms with Crippen molar-refractivity contribution in [3.05, 3.63) is 17.8 Å². The van der Waals surface area contributed by atoms with Gasteiger partial charge in [-0.1, -0.05) is 0 Å². The van der Waals surface area contributed by atoms with Crippen molar-refractivity contribution in [3.63, 3.8) is 0 Å². The Hall–Kier alpha value is -2.29. The van der Waals surface area contributed by atoms with Gasteiger partial charge >= 0.3 is 0 Å². The topological polar surface area (TPSA) is 118 Å². The molecule has 0 aliphatic carbocycles. The SMILES string of the molecule is CC(Nc1ncc(N)cc1C#N)C(N)=O. The minimum Gasteiger partial charge on any atom is -0.397 e. The van der Waals surface area contributed by atoms with E-state index in [4.69, 9.17) is 16.7 Å². The van der Waals surface area contributed by atoms with Gasteiger partial charge in [0.2, 0.25) is 5.91 Å². The lowest BCUT2D eigenvalue weighted by Crippen LogP contribution is -2.33. The summed E-state index contributed by atoms with van der Waals surface area (Å²) >= 11 is 0. The van der Waals surface area contributed by atoms with Gasteiger partial charge in [0.1, 0.15) is 17.9 Å². The Kier molecular flexibility index (Phi) is 3.08. The molecule has 6 nitrogen and oxygen atoms in total. The lowest BCUT2D eigenvalue weighted by molar-refractivity contribution is -0.118. The number of hydrogen-bond donors (Lipinski definition) is 3. The summed E-state index contributed by atoms with van der Waals surface area (Å²) in [6, 6.07) is 2.81. The smallest absolute Gasteiger partial charge is 0.239 e. The first-order chi connectivity index (χ1) is 7.04. The number of nitrogen functional groups attached to an aromatic ring is 1. The molecule has 1 aromatic heterocycles. The Morgan fingerprint density at radius 3 is 2.93 bits per heavy atom. The van der Waals surface area contributed by atoms with E-state index in [0.717, 1.165) is 0 Å². The second-order valence-electron chi connectivity index (χ2n) is 3.05. The van der Waals surface area contributed by atoms with E-state index in [2.05, 4.69) is 10.3 Å². The minimum absolute atomic E-state index is 0.281. The van der Waals surface area contributed by atoms with E-state index in [1.54, 1.807) is 6.92 Å². The number of hydrogen-bond acceptors (Lipinski definition) is 5. The third-order valence-corrected chi connectivity index (χ3v) is 1.81. The molecule has 0 spiro atoms. The van der Waals surface area contributed by atoms with Crippen LogP contribution in [0.5, 0.6) is 0 Å². The maximum Gasteiger partial charge on any atom is 0.239 e. The molecule has 0 saturated heterocycles. The van der Waals surface area contributed by atoms with Crippen LogP contribution >= 0.6 is 0 Å². The molecule has 0 aromatic carbocycles. The molecular formula is C9H11N5O. The van der Waals surface area contributed by atoms with Gasteiger partial charge in [0.15, 0.2) is 0 Å². The minimum atomic E-state index is -0.590. The molecule has 0 fully saturated rings. The predicted octanol–water partition coefficient (Wildman–Crippen LogP) is -0.179. The molecule has 1 heterocycles. The summed E-state index contributed by atoms with van der Waals surface area (Å²) in [6.07, 6.45) is 1.40. The summed E-state index contributed by atoms with van der Waals surface area (Å²) in [6.45, 7) is 1.58. The van der Waals surface area contributed by atoms with Crippen molar-refractivity contribution in [3.8, 4) is 6.07 Å². The van der Waals surface area contributed by atoms with Gasteiger partial charge in [0.05, 0.1) is 17.4 Å². The highest BCUT2D eigenvalue weighted by Crippen LogP contribution is 2.14. The summed E-state index contributed by atoms with van der Waals surface area (Å²) in [7, 11) is 0. The molecule has 1 aromatic rings. The Morgan fingerprint density at radius 1 is 1.73 bits per heavy atom. The van der Waals surface area contributed by atoms with E-state index in [-0.39, 0.29) is 5.56 Å². The molecule has 0 radical (unpaired) electrons. The highest BCUT2D eigenvalue weighted by Gasteiger charge is 2.11. The standard InChI is InChI=1S/C9H11N5O/c1-5(8(12)15)14-9-6(3-10)2-7(11)4-13-9/h2,4-5H,11H2,1H3,(H2,12,15)(H,13,14). The van der Waals surface area contributed by atoms with Crippen molar-refractivity contribution in [2.45, 2.75) is 13.0 Å². The Bertz CT molecular complexity index is 423. The fourth-order valence-electron chi connectivity index (χ4n) is 0.957. The van der Waals surface area contributed by atoms with E-state index >= 15 is 0 Å². The number of carbonyl (C=O) groups excluding carboxylic acids is 1. The van der Waals surface area contributed by atoms with Crippen molar-refractivity contribution >= 4 is 17.4 Å². The van der Waals surface area contributed by atoms with Gasteiger partial charge in [-0.2, -0.15) is 5.26 Å². The molecule has 15 heavy (non-hydrogen) atoms. The highest BCUT2D eigenvalue weighted by molar-refractivity contribution is 5.82. The first-order valence-electron chi connectivity index (χ1n) is 4.26. The van der Waals surface area contributed by atoms with Gasteiger partial charge in [-0.05, 0) is 13.0 Å². The van der Waals surface area contributed by atoms with Crippen molar-refractivity contribution < 1.29 is 4.79 Å². The number of aromatic nitrogens is 1. The lowest BCUT2D eigenvalue weighted by Gasteiger charge is -2.11. The monoisotopic (exact) mass is 205 g/mol. The number of carbonyl (C=O) groups is 1. The van der Waals surface area contributed by atoms with Gasteiger partial charge in [-0.15, -0.1) is 0 Å². The Balaban J connectivity index is 2.96. The molecule has 1 amide bonds. The van der Waals surface area contributed by atoms with Crippen LogP contribution in [0.25, 0.3) is 0 Å². The van der Waals surface area contributed by atoms with E-state index in [0.29, 0.717) is 11.5 Å². The largest absolute Gasteiger partial charge is 0.397 e. The van der Waals surface area contributed by atoms with Gasteiger partial charge in [0, 0.05) is 0 Å². The average Bonchev–Trinajstić information content (AvgIpc) is 2.20. The number of nitrogens with two attached hydrogens (primary N) is 2. The number of nitrogens with zero attached hydrogens (tertiary/aromatic N) is 2. The van der Waals surface area contributed by atoms with Crippen LogP contribution in [-0.4, -0.2) is 16.9 Å². The van der Waals surface area contributed by atoms with Crippen molar-refractivity contribution in [2.75, 3.05) is 11.1 Å². The van der Waals surface area contributed by atoms with E-state index < -0.39 is 11.9 Å². The fourth-order valence-corrected chi connectivity index (χ4v) is 0.957. The number of nitriles is 1. The fraction of sp³-hybridized carbons (Fsp3) is 0.222. The zero-order valence-electron chi connectivity index (χ0n) is 8.19.